The topological polar surface area (TPSA) is 63.2 Å². The first-order valence-corrected chi connectivity index (χ1v) is 10.6. The number of benzene rings is 1. The fourth-order valence-electron chi connectivity index (χ4n) is 2.98. The van der Waals surface area contributed by atoms with Gasteiger partial charge in [0.2, 0.25) is 9.84 Å². The molecule has 0 radical (unpaired) electrons. The maximum Gasteiger partial charge on any atom is 0.261 e. The first-order valence-electron chi connectivity index (χ1n) is 8.28. The number of rotatable bonds is 4. The van der Waals surface area contributed by atoms with Crippen LogP contribution in [0, 0.1) is 0 Å². The van der Waals surface area contributed by atoms with Crippen molar-refractivity contribution in [2.24, 2.45) is 0 Å². The number of sulfone groups is 1. The third kappa shape index (κ3) is 3.87. The van der Waals surface area contributed by atoms with E-state index in [0.29, 0.717) is 4.88 Å². The van der Waals surface area contributed by atoms with Gasteiger partial charge in [0, 0.05) is 6.04 Å². The van der Waals surface area contributed by atoms with Gasteiger partial charge >= 0.3 is 0 Å². The van der Waals surface area contributed by atoms with E-state index in [1.807, 2.05) is 0 Å². The molecule has 0 bridgehead atoms. The fourth-order valence-corrected chi connectivity index (χ4v) is 5.61. The van der Waals surface area contributed by atoms with Gasteiger partial charge in [-0.3, -0.25) is 4.79 Å². The average Bonchev–Trinajstić information content (AvgIpc) is 2.97. The molecule has 2 aromatic rings. The molecule has 0 atom stereocenters. The molecule has 1 saturated carbocycles. The smallest absolute Gasteiger partial charge is 0.261 e. The SMILES string of the molecule is O=C(NC1CCCCCC1)c1ccc(S(=O)(=O)c2ccccc2)s1. The summed E-state index contributed by atoms with van der Waals surface area (Å²) in [4.78, 5) is 13.1. The summed E-state index contributed by atoms with van der Waals surface area (Å²) in [5.41, 5.74) is 0. The molecule has 1 aliphatic carbocycles. The van der Waals surface area contributed by atoms with E-state index in [-0.39, 0.29) is 21.1 Å². The van der Waals surface area contributed by atoms with Gasteiger partial charge < -0.3 is 5.32 Å². The van der Waals surface area contributed by atoms with Gasteiger partial charge in [-0.1, -0.05) is 43.9 Å². The summed E-state index contributed by atoms with van der Waals surface area (Å²) in [5.74, 6) is -0.165. The van der Waals surface area contributed by atoms with Crippen LogP contribution in [0.5, 0.6) is 0 Å². The second-order valence-electron chi connectivity index (χ2n) is 6.10. The molecule has 0 aliphatic heterocycles. The normalized spacial score (nSPS) is 16.5. The van der Waals surface area contributed by atoms with Crippen LogP contribution in [0.2, 0.25) is 0 Å². The summed E-state index contributed by atoms with van der Waals surface area (Å²) < 4.78 is 25.4. The Balaban J connectivity index is 1.74. The minimum atomic E-state index is -3.55. The van der Waals surface area contributed by atoms with Crippen molar-refractivity contribution < 1.29 is 13.2 Å². The van der Waals surface area contributed by atoms with Gasteiger partial charge in [-0.2, -0.15) is 0 Å². The third-order valence-electron chi connectivity index (χ3n) is 4.31. The Morgan fingerprint density at radius 2 is 1.62 bits per heavy atom. The Hall–Kier alpha value is -1.66. The van der Waals surface area contributed by atoms with E-state index < -0.39 is 9.84 Å². The van der Waals surface area contributed by atoms with Crippen molar-refractivity contribution in [1.82, 2.24) is 5.32 Å². The highest BCUT2D eigenvalue weighted by Gasteiger charge is 2.22. The van der Waals surface area contributed by atoms with Crippen LogP contribution in [0.15, 0.2) is 51.6 Å². The predicted octanol–water partition coefficient (Wildman–Crippen LogP) is 4.03. The molecule has 1 fully saturated rings. The monoisotopic (exact) mass is 363 g/mol. The second-order valence-corrected chi connectivity index (χ2v) is 9.36. The van der Waals surface area contributed by atoms with E-state index >= 15 is 0 Å². The minimum Gasteiger partial charge on any atom is -0.349 e. The molecule has 1 aromatic carbocycles. The van der Waals surface area contributed by atoms with Crippen molar-refractivity contribution >= 4 is 27.1 Å². The summed E-state index contributed by atoms with van der Waals surface area (Å²) in [6.07, 6.45) is 6.75. The summed E-state index contributed by atoms with van der Waals surface area (Å²) in [6, 6.07) is 11.6. The summed E-state index contributed by atoms with van der Waals surface area (Å²) >= 11 is 1.04. The number of carbonyl (C=O) groups excluding carboxylic acids is 1. The lowest BCUT2D eigenvalue weighted by atomic mass is 10.1. The quantitative estimate of drug-likeness (QED) is 0.834. The minimum absolute atomic E-state index is 0.165. The van der Waals surface area contributed by atoms with E-state index in [2.05, 4.69) is 5.32 Å². The zero-order chi connectivity index (χ0) is 17.0. The summed E-state index contributed by atoms with van der Waals surface area (Å²) in [5, 5.41) is 3.06. The Bertz CT molecular complexity index is 789. The molecule has 1 aliphatic rings. The maximum absolute atomic E-state index is 12.6. The standard InChI is InChI=1S/C18H21NO3S2/c20-18(19-14-8-4-1-2-5-9-14)16-12-13-17(23-16)24(21,22)15-10-6-3-7-11-15/h3,6-7,10-14H,1-2,4-5,8-9H2,(H,19,20). The second kappa shape index (κ2) is 7.49. The van der Waals surface area contributed by atoms with Gasteiger partial charge in [0.05, 0.1) is 9.77 Å². The number of nitrogens with one attached hydrogen (secondary N) is 1. The Morgan fingerprint density at radius 1 is 0.958 bits per heavy atom. The fraction of sp³-hybridized carbons (Fsp3) is 0.389. The largest absolute Gasteiger partial charge is 0.349 e. The van der Waals surface area contributed by atoms with Crippen molar-refractivity contribution in [2.45, 2.75) is 53.7 Å². The molecule has 24 heavy (non-hydrogen) atoms. The van der Waals surface area contributed by atoms with Gasteiger partial charge in [0.25, 0.3) is 5.91 Å². The third-order valence-corrected chi connectivity index (χ3v) is 7.66. The first-order chi connectivity index (χ1) is 11.6. The Labute approximate surface area is 146 Å². The van der Waals surface area contributed by atoms with Crippen LogP contribution in [-0.4, -0.2) is 20.4 Å². The molecule has 0 spiro atoms. The molecule has 1 aromatic heterocycles. The lowest BCUT2D eigenvalue weighted by Gasteiger charge is -2.15. The van der Waals surface area contributed by atoms with Crippen LogP contribution in [0.3, 0.4) is 0 Å². The maximum atomic E-state index is 12.6. The molecular weight excluding hydrogens is 342 g/mol. The molecule has 1 heterocycles. The van der Waals surface area contributed by atoms with E-state index in [1.54, 1.807) is 36.4 Å². The lowest BCUT2D eigenvalue weighted by Crippen LogP contribution is -2.33. The number of carbonyl (C=O) groups is 1. The van der Waals surface area contributed by atoms with Crippen molar-refractivity contribution in [2.75, 3.05) is 0 Å². The number of hydrogen-bond acceptors (Lipinski definition) is 4. The van der Waals surface area contributed by atoms with Gasteiger partial charge in [-0.05, 0) is 37.1 Å². The van der Waals surface area contributed by atoms with Crippen LogP contribution in [0.4, 0.5) is 0 Å². The summed E-state index contributed by atoms with van der Waals surface area (Å²) in [6.45, 7) is 0. The predicted molar refractivity (Wildman–Crippen MR) is 95.2 cm³/mol. The highest BCUT2D eigenvalue weighted by Crippen LogP contribution is 2.28. The molecule has 128 valence electrons. The molecule has 4 nitrogen and oxygen atoms in total. The van der Waals surface area contributed by atoms with Crippen LogP contribution < -0.4 is 5.32 Å². The molecular formula is C18H21NO3S2. The van der Waals surface area contributed by atoms with E-state index in [0.717, 1.165) is 37.0 Å². The zero-order valence-electron chi connectivity index (χ0n) is 13.4. The number of hydrogen-bond donors (Lipinski definition) is 1. The molecule has 6 heteroatoms. The van der Waals surface area contributed by atoms with Crippen molar-refractivity contribution in [3.8, 4) is 0 Å². The molecule has 1 N–H and O–H groups in total. The van der Waals surface area contributed by atoms with Gasteiger partial charge in [-0.15, -0.1) is 11.3 Å². The lowest BCUT2D eigenvalue weighted by molar-refractivity contribution is 0.0937. The highest BCUT2D eigenvalue weighted by atomic mass is 32.2. The van der Waals surface area contributed by atoms with Crippen LogP contribution >= 0.6 is 11.3 Å². The van der Waals surface area contributed by atoms with Gasteiger partial charge in [0.15, 0.2) is 0 Å². The van der Waals surface area contributed by atoms with Crippen molar-refractivity contribution in [3.63, 3.8) is 0 Å². The number of amides is 1. The van der Waals surface area contributed by atoms with Gasteiger partial charge in [0.1, 0.15) is 4.21 Å². The van der Waals surface area contributed by atoms with E-state index in [1.165, 1.54) is 18.9 Å². The van der Waals surface area contributed by atoms with Crippen LogP contribution in [-0.2, 0) is 9.84 Å². The summed E-state index contributed by atoms with van der Waals surface area (Å²) in [7, 11) is -3.55. The van der Waals surface area contributed by atoms with Crippen LogP contribution in [0.25, 0.3) is 0 Å². The highest BCUT2D eigenvalue weighted by molar-refractivity contribution is 7.93. The zero-order valence-corrected chi connectivity index (χ0v) is 15.0. The van der Waals surface area contributed by atoms with Crippen molar-refractivity contribution in [1.29, 1.82) is 0 Å². The Kier molecular flexibility index (Phi) is 5.36. The molecule has 1 amide bonds. The first kappa shape index (κ1) is 17.2. The number of thiophene rings is 1. The molecule has 0 unspecified atom stereocenters. The van der Waals surface area contributed by atoms with Crippen molar-refractivity contribution in [3.05, 3.63) is 47.3 Å². The van der Waals surface area contributed by atoms with Gasteiger partial charge in [-0.25, -0.2) is 8.42 Å². The van der Waals surface area contributed by atoms with E-state index in [9.17, 15) is 13.2 Å². The molecule has 0 saturated heterocycles. The average molecular weight is 364 g/mol. The van der Waals surface area contributed by atoms with Crippen LogP contribution in [0.1, 0.15) is 48.2 Å². The Morgan fingerprint density at radius 3 is 2.29 bits per heavy atom. The molecule has 3 rings (SSSR count). The van der Waals surface area contributed by atoms with E-state index in [4.69, 9.17) is 0 Å².